The molecule has 1 aromatic heterocycles. The van der Waals surface area contributed by atoms with E-state index in [1.165, 1.54) is 11.0 Å². The second kappa shape index (κ2) is 7.03. The summed E-state index contributed by atoms with van der Waals surface area (Å²) >= 11 is 0. The normalized spacial score (nSPS) is 13.8. The lowest BCUT2D eigenvalue weighted by Crippen LogP contribution is -2.24. The lowest BCUT2D eigenvalue weighted by molar-refractivity contribution is -0.117. The zero-order valence-corrected chi connectivity index (χ0v) is 14.9. The summed E-state index contributed by atoms with van der Waals surface area (Å²) in [6.07, 6.45) is 2.86. The molecule has 2 aromatic carbocycles. The molecule has 136 valence electrons. The molecule has 1 saturated heterocycles. The van der Waals surface area contributed by atoms with E-state index in [0.717, 1.165) is 23.4 Å². The van der Waals surface area contributed by atoms with Gasteiger partial charge in [-0.3, -0.25) is 9.59 Å². The monoisotopic (exact) mass is 361 g/mol. The SMILES string of the molecule is Cc1ccc(NC(=O)c2cnn(-c3ccccc3)n2)cc1N1CCCC1=O. The van der Waals surface area contributed by atoms with Gasteiger partial charge in [-0.15, -0.1) is 5.10 Å². The molecule has 1 aliphatic heterocycles. The number of hydrogen-bond donors (Lipinski definition) is 1. The number of amides is 2. The van der Waals surface area contributed by atoms with E-state index in [1.807, 2.05) is 55.5 Å². The van der Waals surface area contributed by atoms with E-state index in [0.29, 0.717) is 18.7 Å². The number of aryl methyl sites for hydroxylation is 1. The Kier molecular flexibility index (Phi) is 4.42. The molecule has 0 spiro atoms. The Balaban J connectivity index is 1.53. The molecule has 0 aliphatic carbocycles. The van der Waals surface area contributed by atoms with Crippen molar-refractivity contribution in [2.24, 2.45) is 0 Å². The molecular weight excluding hydrogens is 342 g/mol. The van der Waals surface area contributed by atoms with Gasteiger partial charge in [-0.1, -0.05) is 24.3 Å². The molecule has 27 heavy (non-hydrogen) atoms. The number of rotatable bonds is 4. The number of aromatic nitrogens is 3. The van der Waals surface area contributed by atoms with E-state index in [1.54, 1.807) is 4.90 Å². The summed E-state index contributed by atoms with van der Waals surface area (Å²) in [6.45, 7) is 2.67. The van der Waals surface area contributed by atoms with Crippen LogP contribution >= 0.6 is 0 Å². The maximum atomic E-state index is 12.5. The van der Waals surface area contributed by atoms with Gasteiger partial charge in [0.1, 0.15) is 0 Å². The summed E-state index contributed by atoms with van der Waals surface area (Å²) < 4.78 is 0. The van der Waals surface area contributed by atoms with Crippen molar-refractivity contribution in [2.45, 2.75) is 19.8 Å². The van der Waals surface area contributed by atoms with E-state index in [9.17, 15) is 9.59 Å². The summed E-state index contributed by atoms with van der Waals surface area (Å²) in [6, 6.07) is 14.9. The summed E-state index contributed by atoms with van der Waals surface area (Å²) in [4.78, 5) is 27.8. The van der Waals surface area contributed by atoms with Crippen molar-refractivity contribution < 1.29 is 9.59 Å². The van der Waals surface area contributed by atoms with E-state index in [-0.39, 0.29) is 17.5 Å². The van der Waals surface area contributed by atoms with E-state index >= 15 is 0 Å². The Morgan fingerprint density at radius 2 is 1.96 bits per heavy atom. The molecule has 1 aliphatic rings. The van der Waals surface area contributed by atoms with Gasteiger partial charge in [0.15, 0.2) is 5.69 Å². The van der Waals surface area contributed by atoms with Crippen LogP contribution in [0.1, 0.15) is 28.9 Å². The van der Waals surface area contributed by atoms with Gasteiger partial charge in [-0.05, 0) is 43.2 Å². The van der Waals surface area contributed by atoms with Gasteiger partial charge < -0.3 is 10.2 Å². The molecule has 4 rings (SSSR count). The third kappa shape index (κ3) is 3.44. The van der Waals surface area contributed by atoms with Gasteiger partial charge in [0, 0.05) is 24.3 Å². The van der Waals surface area contributed by atoms with Crippen molar-refractivity contribution in [2.75, 3.05) is 16.8 Å². The van der Waals surface area contributed by atoms with Crippen LogP contribution in [0.25, 0.3) is 5.69 Å². The van der Waals surface area contributed by atoms with Crippen molar-refractivity contribution in [3.05, 3.63) is 66.0 Å². The first-order valence-electron chi connectivity index (χ1n) is 8.82. The average Bonchev–Trinajstić information content (AvgIpc) is 3.33. The van der Waals surface area contributed by atoms with Crippen molar-refractivity contribution in [1.29, 1.82) is 0 Å². The minimum Gasteiger partial charge on any atom is -0.320 e. The zero-order chi connectivity index (χ0) is 18.8. The fraction of sp³-hybridized carbons (Fsp3) is 0.200. The zero-order valence-electron chi connectivity index (χ0n) is 14.9. The molecule has 1 fully saturated rings. The molecule has 0 unspecified atom stereocenters. The number of anilines is 2. The van der Waals surface area contributed by atoms with Crippen LogP contribution in [0.2, 0.25) is 0 Å². The third-order valence-electron chi connectivity index (χ3n) is 4.54. The van der Waals surface area contributed by atoms with Crippen LogP contribution in [-0.2, 0) is 4.79 Å². The first kappa shape index (κ1) is 17.0. The molecule has 3 aromatic rings. The van der Waals surface area contributed by atoms with Gasteiger partial charge in [-0.2, -0.15) is 9.90 Å². The van der Waals surface area contributed by atoms with Crippen LogP contribution in [0, 0.1) is 6.92 Å². The highest BCUT2D eigenvalue weighted by Gasteiger charge is 2.23. The van der Waals surface area contributed by atoms with Crippen LogP contribution in [0.15, 0.2) is 54.7 Å². The number of nitrogens with one attached hydrogen (secondary N) is 1. The second-order valence-electron chi connectivity index (χ2n) is 6.46. The predicted molar refractivity (Wildman–Crippen MR) is 102 cm³/mol. The minimum absolute atomic E-state index is 0.118. The summed E-state index contributed by atoms with van der Waals surface area (Å²) in [5.74, 6) is -0.230. The number of para-hydroxylation sites is 1. The third-order valence-corrected chi connectivity index (χ3v) is 4.54. The largest absolute Gasteiger partial charge is 0.320 e. The molecule has 2 heterocycles. The standard InChI is InChI=1S/C20H19N5O2/c1-14-9-10-15(12-18(14)24-11-5-8-19(24)26)22-20(27)17-13-21-25(23-17)16-6-3-2-4-7-16/h2-4,6-7,9-10,12-13H,5,8,11H2,1H3,(H,22,27). The van der Waals surface area contributed by atoms with E-state index < -0.39 is 0 Å². The first-order valence-corrected chi connectivity index (χ1v) is 8.82. The number of carbonyl (C=O) groups excluding carboxylic acids is 2. The summed E-state index contributed by atoms with van der Waals surface area (Å²) in [7, 11) is 0. The van der Waals surface area contributed by atoms with Crippen molar-refractivity contribution >= 4 is 23.2 Å². The maximum Gasteiger partial charge on any atom is 0.277 e. The average molecular weight is 361 g/mol. The van der Waals surface area contributed by atoms with Gasteiger partial charge >= 0.3 is 0 Å². The van der Waals surface area contributed by atoms with Crippen molar-refractivity contribution in [3.8, 4) is 5.69 Å². The molecule has 0 radical (unpaired) electrons. The van der Waals surface area contributed by atoms with Gasteiger partial charge in [0.25, 0.3) is 5.91 Å². The number of carbonyl (C=O) groups is 2. The first-order chi connectivity index (χ1) is 13.1. The molecule has 0 saturated carbocycles. The highest BCUT2D eigenvalue weighted by atomic mass is 16.2. The van der Waals surface area contributed by atoms with E-state index in [4.69, 9.17) is 0 Å². The number of nitrogens with zero attached hydrogens (tertiary/aromatic N) is 4. The molecule has 7 nitrogen and oxygen atoms in total. The van der Waals surface area contributed by atoms with Crippen LogP contribution in [0.4, 0.5) is 11.4 Å². The lowest BCUT2D eigenvalue weighted by atomic mass is 10.1. The van der Waals surface area contributed by atoms with Gasteiger partial charge in [0.2, 0.25) is 5.91 Å². The Labute approximate surface area is 156 Å². The Morgan fingerprint density at radius 1 is 1.15 bits per heavy atom. The minimum atomic E-state index is -0.347. The van der Waals surface area contributed by atoms with Crippen LogP contribution in [0.5, 0.6) is 0 Å². The van der Waals surface area contributed by atoms with Crippen molar-refractivity contribution in [3.63, 3.8) is 0 Å². The maximum absolute atomic E-state index is 12.5. The fourth-order valence-electron chi connectivity index (χ4n) is 3.13. The predicted octanol–water partition coefficient (Wildman–Crippen LogP) is 2.95. The van der Waals surface area contributed by atoms with Crippen molar-refractivity contribution in [1.82, 2.24) is 15.0 Å². The summed E-state index contributed by atoms with van der Waals surface area (Å²) in [5, 5.41) is 11.2. The Bertz CT molecular complexity index is 997. The van der Waals surface area contributed by atoms with Crippen LogP contribution in [0.3, 0.4) is 0 Å². The second-order valence-corrected chi connectivity index (χ2v) is 6.46. The molecule has 0 atom stereocenters. The molecule has 0 bridgehead atoms. The molecule has 2 amide bonds. The quantitative estimate of drug-likeness (QED) is 0.775. The summed E-state index contributed by atoms with van der Waals surface area (Å²) in [5.41, 5.74) is 3.45. The lowest BCUT2D eigenvalue weighted by Gasteiger charge is -2.19. The topological polar surface area (TPSA) is 80.1 Å². The van der Waals surface area contributed by atoms with Gasteiger partial charge in [-0.25, -0.2) is 0 Å². The Morgan fingerprint density at radius 3 is 2.70 bits per heavy atom. The highest BCUT2D eigenvalue weighted by Crippen LogP contribution is 2.28. The van der Waals surface area contributed by atoms with Crippen LogP contribution < -0.4 is 10.2 Å². The van der Waals surface area contributed by atoms with Gasteiger partial charge in [0.05, 0.1) is 11.9 Å². The molecule has 1 N–H and O–H groups in total. The molecule has 7 heteroatoms. The highest BCUT2D eigenvalue weighted by molar-refractivity contribution is 6.03. The van der Waals surface area contributed by atoms with E-state index in [2.05, 4.69) is 15.5 Å². The number of hydrogen-bond acceptors (Lipinski definition) is 4. The molecular formula is C20H19N5O2. The smallest absolute Gasteiger partial charge is 0.277 e. The Hall–Kier alpha value is -3.48. The fourth-order valence-corrected chi connectivity index (χ4v) is 3.13. The van der Waals surface area contributed by atoms with Crippen LogP contribution in [-0.4, -0.2) is 33.4 Å². The number of benzene rings is 2.